The van der Waals surface area contributed by atoms with Crippen molar-refractivity contribution in [3.63, 3.8) is 0 Å². The van der Waals surface area contributed by atoms with Gasteiger partial charge in [-0.1, -0.05) is 0 Å². The van der Waals surface area contributed by atoms with Crippen molar-refractivity contribution in [2.45, 2.75) is 4.17 Å². The first-order valence-electron chi connectivity index (χ1n) is 1.71. The molecule has 1 heterocycles. The number of hydrogen-bond acceptors (Lipinski definition) is 2. The fourth-order valence-corrected chi connectivity index (χ4v) is 0.729. The molecular formula is C3H5IN2. The summed E-state index contributed by atoms with van der Waals surface area (Å²) in [6, 6.07) is 0. The van der Waals surface area contributed by atoms with Gasteiger partial charge in [0.15, 0.2) is 0 Å². The quantitative estimate of drug-likeness (QED) is 0.332. The van der Waals surface area contributed by atoms with Gasteiger partial charge in [0.05, 0.1) is 0 Å². The molecule has 0 saturated heterocycles. The fraction of sp³-hybridized carbons (Fsp3) is 0.333. The van der Waals surface area contributed by atoms with E-state index in [1.165, 1.54) is 0 Å². The number of halogens is 1. The van der Waals surface area contributed by atoms with Gasteiger partial charge in [0.25, 0.3) is 0 Å². The molecule has 3 heteroatoms. The molecule has 2 N–H and O–H groups in total. The van der Waals surface area contributed by atoms with Crippen LogP contribution in [0, 0.1) is 0 Å². The molecule has 0 aromatic rings. The largest absolute Gasteiger partial charge is 0.362 e. The normalized spacial score (nSPS) is 20.2. The lowest BCUT2D eigenvalue weighted by atomic mass is 11.0. The van der Waals surface area contributed by atoms with E-state index in [2.05, 4.69) is 33.2 Å². The average Bonchev–Trinajstić information content (AvgIpc) is 1.86. The summed E-state index contributed by atoms with van der Waals surface area (Å²) in [5, 5.41) is 6.03. The summed E-state index contributed by atoms with van der Waals surface area (Å²) in [5.74, 6) is 0. The van der Waals surface area contributed by atoms with Gasteiger partial charge in [-0.15, -0.1) is 0 Å². The van der Waals surface area contributed by atoms with Gasteiger partial charge in [0, 0.05) is 12.4 Å². The SMILES string of the molecule is IC1NC=CN1. The highest BCUT2D eigenvalue weighted by molar-refractivity contribution is 14.1. The molecule has 1 aliphatic heterocycles. The summed E-state index contributed by atoms with van der Waals surface area (Å²) in [4.78, 5) is 0. The van der Waals surface area contributed by atoms with E-state index in [4.69, 9.17) is 0 Å². The summed E-state index contributed by atoms with van der Waals surface area (Å²) in [6.07, 6.45) is 3.77. The first-order valence-corrected chi connectivity index (χ1v) is 2.95. The number of alkyl halides is 1. The van der Waals surface area contributed by atoms with Crippen molar-refractivity contribution in [1.82, 2.24) is 10.6 Å². The molecule has 0 bridgehead atoms. The minimum Gasteiger partial charge on any atom is -0.362 e. The zero-order valence-corrected chi connectivity index (χ0v) is 5.27. The third-order valence-electron chi connectivity index (χ3n) is 0.568. The molecule has 34 valence electrons. The number of hydrogen-bond donors (Lipinski definition) is 2. The van der Waals surface area contributed by atoms with E-state index in [0.29, 0.717) is 4.17 Å². The van der Waals surface area contributed by atoms with Crippen LogP contribution in [0.3, 0.4) is 0 Å². The van der Waals surface area contributed by atoms with Crippen LogP contribution < -0.4 is 10.6 Å². The Balaban J connectivity index is 2.32. The van der Waals surface area contributed by atoms with Gasteiger partial charge >= 0.3 is 0 Å². The summed E-state index contributed by atoms with van der Waals surface area (Å²) < 4.78 is 0.405. The monoisotopic (exact) mass is 196 g/mol. The van der Waals surface area contributed by atoms with E-state index in [1.54, 1.807) is 0 Å². The van der Waals surface area contributed by atoms with E-state index in [9.17, 15) is 0 Å². The van der Waals surface area contributed by atoms with Gasteiger partial charge in [-0.2, -0.15) is 0 Å². The second-order valence-corrected chi connectivity index (χ2v) is 2.27. The molecule has 1 rings (SSSR count). The van der Waals surface area contributed by atoms with E-state index in [0.717, 1.165) is 0 Å². The third kappa shape index (κ3) is 0.767. The van der Waals surface area contributed by atoms with Gasteiger partial charge in [-0.3, -0.25) is 0 Å². The van der Waals surface area contributed by atoms with E-state index in [-0.39, 0.29) is 0 Å². The number of nitrogens with one attached hydrogen (secondary N) is 2. The molecule has 2 nitrogen and oxygen atoms in total. The van der Waals surface area contributed by atoms with Crippen molar-refractivity contribution < 1.29 is 0 Å². The Labute approximate surface area is 50.1 Å². The highest BCUT2D eigenvalue weighted by Crippen LogP contribution is 1.93. The third-order valence-corrected chi connectivity index (χ3v) is 1.29. The van der Waals surface area contributed by atoms with E-state index >= 15 is 0 Å². The van der Waals surface area contributed by atoms with Crippen molar-refractivity contribution in [2.24, 2.45) is 0 Å². The Morgan fingerprint density at radius 1 is 1.33 bits per heavy atom. The number of rotatable bonds is 0. The molecule has 0 aromatic carbocycles. The van der Waals surface area contributed by atoms with Crippen molar-refractivity contribution in [3.05, 3.63) is 12.4 Å². The molecule has 0 fully saturated rings. The summed E-state index contributed by atoms with van der Waals surface area (Å²) in [6.45, 7) is 0. The minimum atomic E-state index is 0.405. The van der Waals surface area contributed by atoms with Crippen molar-refractivity contribution in [2.75, 3.05) is 0 Å². The maximum absolute atomic E-state index is 3.01. The molecule has 0 saturated carbocycles. The predicted molar refractivity (Wildman–Crippen MR) is 33.2 cm³/mol. The van der Waals surface area contributed by atoms with Gasteiger partial charge in [-0.25, -0.2) is 0 Å². The van der Waals surface area contributed by atoms with Crippen LogP contribution in [-0.2, 0) is 0 Å². The standard InChI is InChI=1S/C3H5IN2/c4-3-5-1-2-6-3/h1-3,5-6H. The van der Waals surface area contributed by atoms with Crippen LogP contribution in [0.1, 0.15) is 0 Å². The van der Waals surface area contributed by atoms with Crippen molar-refractivity contribution >= 4 is 22.6 Å². The maximum atomic E-state index is 3.01. The summed E-state index contributed by atoms with van der Waals surface area (Å²) in [7, 11) is 0. The van der Waals surface area contributed by atoms with Crippen molar-refractivity contribution in [1.29, 1.82) is 0 Å². The fourth-order valence-electron chi connectivity index (χ4n) is 0.313. The highest BCUT2D eigenvalue weighted by atomic mass is 127. The lowest BCUT2D eigenvalue weighted by Crippen LogP contribution is -2.22. The van der Waals surface area contributed by atoms with Crippen LogP contribution in [0.15, 0.2) is 12.4 Å². The zero-order valence-electron chi connectivity index (χ0n) is 3.11. The molecule has 0 aromatic heterocycles. The van der Waals surface area contributed by atoms with Gasteiger partial charge in [0.1, 0.15) is 4.17 Å². The molecule has 0 unspecified atom stereocenters. The summed E-state index contributed by atoms with van der Waals surface area (Å²) >= 11 is 2.25. The first kappa shape index (κ1) is 4.23. The minimum absolute atomic E-state index is 0.405. The molecule has 0 radical (unpaired) electrons. The van der Waals surface area contributed by atoms with Crippen molar-refractivity contribution in [3.8, 4) is 0 Å². The smallest absolute Gasteiger partial charge is 0.149 e. The Hall–Kier alpha value is 0.0700. The second kappa shape index (κ2) is 1.68. The molecular weight excluding hydrogens is 191 g/mol. The molecule has 6 heavy (non-hydrogen) atoms. The maximum Gasteiger partial charge on any atom is 0.149 e. The molecule has 0 amide bonds. The van der Waals surface area contributed by atoms with Crippen LogP contribution in [0.4, 0.5) is 0 Å². The topological polar surface area (TPSA) is 24.1 Å². The average molecular weight is 196 g/mol. The van der Waals surface area contributed by atoms with E-state index in [1.807, 2.05) is 12.4 Å². The lowest BCUT2D eigenvalue weighted by Gasteiger charge is -1.97. The van der Waals surface area contributed by atoms with Crippen LogP contribution in [0.25, 0.3) is 0 Å². The van der Waals surface area contributed by atoms with Crippen LogP contribution in [-0.4, -0.2) is 4.17 Å². The highest BCUT2D eigenvalue weighted by Gasteiger charge is 1.97. The molecule has 0 atom stereocenters. The predicted octanol–water partition coefficient (Wildman–Crippen LogP) is 0.369. The Bertz CT molecular complexity index is 63.2. The second-order valence-electron chi connectivity index (χ2n) is 1.03. The molecule has 0 spiro atoms. The summed E-state index contributed by atoms with van der Waals surface area (Å²) in [5.41, 5.74) is 0. The first-order chi connectivity index (χ1) is 2.89. The lowest BCUT2D eigenvalue weighted by molar-refractivity contribution is 0.802. The Kier molecular flexibility index (Phi) is 1.19. The Morgan fingerprint density at radius 2 is 1.83 bits per heavy atom. The zero-order chi connectivity index (χ0) is 4.41. The van der Waals surface area contributed by atoms with Crippen LogP contribution in [0.2, 0.25) is 0 Å². The molecule has 0 aliphatic carbocycles. The Morgan fingerprint density at radius 3 is 2.00 bits per heavy atom. The van der Waals surface area contributed by atoms with Crippen LogP contribution in [0.5, 0.6) is 0 Å². The van der Waals surface area contributed by atoms with Gasteiger partial charge in [0.2, 0.25) is 0 Å². The van der Waals surface area contributed by atoms with Gasteiger partial charge in [-0.05, 0) is 22.6 Å². The van der Waals surface area contributed by atoms with Gasteiger partial charge < -0.3 is 10.6 Å². The van der Waals surface area contributed by atoms with Crippen LogP contribution >= 0.6 is 22.6 Å². The molecule has 1 aliphatic rings. The van der Waals surface area contributed by atoms with E-state index < -0.39 is 0 Å².